The molecule has 0 aliphatic rings. The first-order valence-corrected chi connectivity index (χ1v) is 7.26. The van der Waals surface area contributed by atoms with Crippen LogP contribution in [0, 0.1) is 11.8 Å². The standard InChI is InChI=1S/C17H29N/c1-12(2)7-15-9-16(8-13(3)4)11-17(10-15)18-14(5)6/h9-14,18H,7-8H2,1-6H3. The normalized spacial score (nSPS) is 11.6. The Bertz CT molecular complexity index is 294. The summed E-state index contributed by atoms with van der Waals surface area (Å²) in [6.07, 6.45) is 2.33. The zero-order valence-corrected chi connectivity index (χ0v) is 12.9. The van der Waals surface area contributed by atoms with Crippen LogP contribution in [0.1, 0.15) is 52.7 Å². The van der Waals surface area contributed by atoms with E-state index >= 15 is 0 Å². The van der Waals surface area contributed by atoms with Crippen molar-refractivity contribution in [3.05, 3.63) is 29.3 Å². The molecule has 0 aliphatic heterocycles. The summed E-state index contributed by atoms with van der Waals surface area (Å²) in [6.45, 7) is 13.5. The van der Waals surface area contributed by atoms with Gasteiger partial charge in [0.2, 0.25) is 0 Å². The Morgan fingerprint density at radius 1 is 0.778 bits per heavy atom. The van der Waals surface area contributed by atoms with Crippen molar-refractivity contribution in [3.63, 3.8) is 0 Å². The Balaban J connectivity index is 2.95. The topological polar surface area (TPSA) is 12.0 Å². The van der Waals surface area contributed by atoms with Gasteiger partial charge in [-0.1, -0.05) is 33.8 Å². The van der Waals surface area contributed by atoms with Gasteiger partial charge in [-0.3, -0.25) is 0 Å². The lowest BCUT2D eigenvalue weighted by Crippen LogP contribution is -2.11. The van der Waals surface area contributed by atoms with Crippen molar-refractivity contribution in [1.29, 1.82) is 0 Å². The van der Waals surface area contributed by atoms with E-state index in [0.717, 1.165) is 0 Å². The van der Waals surface area contributed by atoms with Crippen molar-refractivity contribution in [3.8, 4) is 0 Å². The number of anilines is 1. The first kappa shape index (κ1) is 15.1. The predicted octanol–water partition coefficient (Wildman–Crippen LogP) is 4.90. The van der Waals surface area contributed by atoms with Gasteiger partial charge in [0.1, 0.15) is 0 Å². The van der Waals surface area contributed by atoms with Crippen LogP contribution in [0.2, 0.25) is 0 Å². The Morgan fingerprint density at radius 2 is 1.22 bits per heavy atom. The highest BCUT2D eigenvalue weighted by Crippen LogP contribution is 2.20. The summed E-state index contributed by atoms with van der Waals surface area (Å²) in [4.78, 5) is 0. The maximum atomic E-state index is 3.53. The van der Waals surface area contributed by atoms with Gasteiger partial charge in [0.15, 0.2) is 0 Å². The van der Waals surface area contributed by atoms with Crippen LogP contribution in [0.3, 0.4) is 0 Å². The molecule has 0 atom stereocenters. The predicted molar refractivity (Wildman–Crippen MR) is 82.3 cm³/mol. The molecule has 0 aliphatic carbocycles. The summed E-state index contributed by atoms with van der Waals surface area (Å²) in [5, 5.41) is 3.53. The molecule has 1 rings (SSSR count). The Hall–Kier alpha value is -0.980. The van der Waals surface area contributed by atoms with E-state index in [2.05, 4.69) is 65.1 Å². The molecule has 0 radical (unpaired) electrons. The monoisotopic (exact) mass is 247 g/mol. The molecule has 102 valence electrons. The summed E-state index contributed by atoms with van der Waals surface area (Å²) in [5.41, 5.74) is 4.20. The molecule has 1 aromatic carbocycles. The van der Waals surface area contributed by atoms with Gasteiger partial charge in [-0.25, -0.2) is 0 Å². The van der Waals surface area contributed by atoms with E-state index in [1.165, 1.54) is 29.7 Å². The summed E-state index contributed by atoms with van der Waals surface area (Å²) in [7, 11) is 0. The zero-order chi connectivity index (χ0) is 13.7. The SMILES string of the molecule is CC(C)Cc1cc(CC(C)C)cc(NC(C)C)c1. The molecule has 0 fully saturated rings. The molecule has 0 aromatic heterocycles. The van der Waals surface area contributed by atoms with Crippen LogP contribution >= 0.6 is 0 Å². The van der Waals surface area contributed by atoms with E-state index in [1.54, 1.807) is 0 Å². The third-order valence-electron chi connectivity index (χ3n) is 2.80. The molecule has 1 aromatic rings. The molecule has 0 unspecified atom stereocenters. The number of hydrogen-bond acceptors (Lipinski definition) is 1. The van der Waals surface area contributed by atoms with Crippen molar-refractivity contribution in [2.24, 2.45) is 11.8 Å². The average molecular weight is 247 g/mol. The molecule has 0 bridgehead atoms. The molecule has 18 heavy (non-hydrogen) atoms. The van der Waals surface area contributed by atoms with Gasteiger partial charge in [-0.2, -0.15) is 0 Å². The number of benzene rings is 1. The quantitative estimate of drug-likeness (QED) is 0.753. The smallest absolute Gasteiger partial charge is 0.0347 e. The fourth-order valence-corrected chi connectivity index (χ4v) is 2.36. The van der Waals surface area contributed by atoms with Crippen LogP contribution in [0.25, 0.3) is 0 Å². The molecule has 1 heteroatoms. The van der Waals surface area contributed by atoms with E-state index in [-0.39, 0.29) is 0 Å². The molecule has 1 nitrogen and oxygen atoms in total. The van der Waals surface area contributed by atoms with Gasteiger partial charge in [0.05, 0.1) is 0 Å². The lowest BCUT2D eigenvalue weighted by atomic mass is 9.96. The van der Waals surface area contributed by atoms with Gasteiger partial charge in [-0.15, -0.1) is 0 Å². The molecule has 0 saturated carbocycles. The maximum absolute atomic E-state index is 3.53. The van der Waals surface area contributed by atoms with Crippen LogP contribution in [0.4, 0.5) is 5.69 Å². The molecular weight excluding hydrogens is 218 g/mol. The second-order valence-corrected chi connectivity index (χ2v) is 6.53. The number of rotatable bonds is 6. The van der Waals surface area contributed by atoms with E-state index in [4.69, 9.17) is 0 Å². The first-order valence-electron chi connectivity index (χ1n) is 7.26. The summed E-state index contributed by atoms with van der Waals surface area (Å²) >= 11 is 0. The van der Waals surface area contributed by atoms with Crippen LogP contribution in [0.15, 0.2) is 18.2 Å². The lowest BCUT2D eigenvalue weighted by molar-refractivity contribution is 0.636. The van der Waals surface area contributed by atoms with Gasteiger partial charge in [0, 0.05) is 11.7 Å². The highest BCUT2D eigenvalue weighted by molar-refractivity contribution is 5.49. The second kappa shape index (κ2) is 6.82. The van der Waals surface area contributed by atoms with Crippen molar-refractivity contribution in [1.82, 2.24) is 0 Å². The van der Waals surface area contributed by atoms with Gasteiger partial charge < -0.3 is 5.32 Å². The number of hydrogen-bond donors (Lipinski definition) is 1. The summed E-state index contributed by atoms with van der Waals surface area (Å²) in [5.74, 6) is 1.43. The minimum absolute atomic E-state index is 0.492. The van der Waals surface area contributed by atoms with Crippen molar-refractivity contribution < 1.29 is 0 Å². The fourth-order valence-electron chi connectivity index (χ4n) is 2.36. The molecule has 0 heterocycles. The molecular formula is C17H29N. The van der Waals surface area contributed by atoms with E-state index in [1.807, 2.05) is 0 Å². The van der Waals surface area contributed by atoms with Crippen molar-refractivity contribution in [2.45, 2.75) is 60.4 Å². The molecule has 1 N–H and O–H groups in total. The van der Waals surface area contributed by atoms with Crippen molar-refractivity contribution >= 4 is 5.69 Å². The number of nitrogens with one attached hydrogen (secondary N) is 1. The fraction of sp³-hybridized carbons (Fsp3) is 0.647. The van der Waals surface area contributed by atoms with Gasteiger partial charge in [-0.05, 0) is 61.8 Å². The van der Waals surface area contributed by atoms with E-state index in [9.17, 15) is 0 Å². The minimum atomic E-state index is 0.492. The summed E-state index contributed by atoms with van der Waals surface area (Å²) < 4.78 is 0. The molecule has 0 saturated heterocycles. The highest BCUT2D eigenvalue weighted by atomic mass is 14.9. The summed E-state index contributed by atoms with van der Waals surface area (Å²) in [6, 6.07) is 7.49. The molecule has 0 amide bonds. The third kappa shape index (κ3) is 5.57. The Kier molecular flexibility index (Phi) is 5.71. The van der Waals surface area contributed by atoms with Crippen LogP contribution in [-0.4, -0.2) is 6.04 Å². The first-order chi connectivity index (χ1) is 8.36. The maximum Gasteiger partial charge on any atom is 0.0347 e. The Labute approximate surface area is 113 Å². The van der Waals surface area contributed by atoms with Gasteiger partial charge >= 0.3 is 0 Å². The zero-order valence-electron chi connectivity index (χ0n) is 12.9. The minimum Gasteiger partial charge on any atom is -0.383 e. The van der Waals surface area contributed by atoms with E-state index in [0.29, 0.717) is 17.9 Å². The van der Waals surface area contributed by atoms with Crippen molar-refractivity contribution in [2.75, 3.05) is 5.32 Å². The second-order valence-electron chi connectivity index (χ2n) is 6.53. The average Bonchev–Trinajstić information content (AvgIpc) is 2.12. The third-order valence-corrected chi connectivity index (χ3v) is 2.80. The highest BCUT2D eigenvalue weighted by Gasteiger charge is 2.06. The largest absolute Gasteiger partial charge is 0.383 e. The van der Waals surface area contributed by atoms with Gasteiger partial charge in [0.25, 0.3) is 0 Å². The Morgan fingerprint density at radius 3 is 1.56 bits per heavy atom. The molecule has 0 spiro atoms. The van der Waals surface area contributed by atoms with E-state index < -0.39 is 0 Å². The lowest BCUT2D eigenvalue weighted by Gasteiger charge is -2.16. The van der Waals surface area contributed by atoms with Crippen LogP contribution in [-0.2, 0) is 12.8 Å². The van der Waals surface area contributed by atoms with Crippen LogP contribution in [0.5, 0.6) is 0 Å². The van der Waals surface area contributed by atoms with Crippen LogP contribution < -0.4 is 5.32 Å².